The van der Waals surface area contributed by atoms with E-state index in [9.17, 15) is 13.2 Å². The Kier molecular flexibility index (Phi) is 7.33. The normalized spacial score (nSPS) is 19.5. The van der Waals surface area contributed by atoms with Gasteiger partial charge in [-0.1, -0.05) is 12.1 Å². The zero-order valence-corrected chi connectivity index (χ0v) is 13.5. The lowest BCUT2D eigenvalue weighted by atomic mass is 10.1. The Morgan fingerprint density at radius 1 is 1.29 bits per heavy atom. The lowest BCUT2D eigenvalue weighted by molar-refractivity contribution is -0.0328. The van der Waals surface area contributed by atoms with E-state index in [4.69, 9.17) is 0 Å². The second-order valence-electron chi connectivity index (χ2n) is 5.14. The second-order valence-corrected chi connectivity index (χ2v) is 6.28. The van der Waals surface area contributed by atoms with Crippen LogP contribution in [0.3, 0.4) is 0 Å². The number of alkyl halides is 3. The Balaban J connectivity index is 0.00000220. The van der Waals surface area contributed by atoms with Crippen molar-refractivity contribution in [3.8, 4) is 0 Å². The predicted molar refractivity (Wildman–Crippen MR) is 82.9 cm³/mol. The molecule has 0 radical (unpaired) electrons. The van der Waals surface area contributed by atoms with Crippen molar-refractivity contribution in [1.29, 1.82) is 0 Å². The zero-order chi connectivity index (χ0) is 14.6. The van der Waals surface area contributed by atoms with E-state index in [1.165, 1.54) is 6.42 Å². The van der Waals surface area contributed by atoms with Gasteiger partial charge in [0.1, 0.15) is 0 Å². The molecule has 0 aromatic heterocycles. The van der Waals surface area contributed by atoms with Crippen molar-refractivity contribution < 1.29 is 13.2 Å². The summed E-state index contributed by atoms with van der Waals surface area (Å²) in [6, 6.07) is 6.68. The first kappa shape index (κ1) is 18.6. The van der Waals surface area contributed by atoms with Crippen LogP contribution in [0.1, 0.15) is 12.0 Å². The molecule has 1 atom stereocenters. The third-order valence-electron chi connectivity index (χ3n) is 3.43. The summed E-state index contributed by atoms with van der Waals surface area (Å²) in [6.45, 7) is 3.96. The largest absolute Gasteiger partial charge is 0.446 e. The molecular formula is C14H20ClF3N2S. The van der Waals surface area contributed by atoms with Crippen LogP contribution in [0.5, 0.6) is 0 Å². The van der Waals surface area contributed by atoms with Crippen LogP contribution in [-0.4, -0.2) is 37.1 Å². The van der Waals surface area contributed by atoms with Gasteiger partial charge in [-0.2, -0.15) is 13.2 Å². The van der Waals surface area contributed by atoms with Gasteiger partial charge in [0.05, 0.1) is 0 Å². The lowest BCUT2D eigenvalue weighted by Crippen LogP contribution is -2.24. The van der Waals surface area contributed by atoms with Gasteiger partial charge in [0.15, 0.2) is 0 Å². The SMILES string of the molecule is CNCC1CCN(Cc2ccc(SC(F)(F)F)cc2)C1.Cl. The number of thioether (sulfide) groups is 1. The van der Waals surface area contributed by atoms with Crippen LogP contribution in [-0.2, 0) is 6.54 Å². The van der Waals surface area contributed by atoms with Gasteiger partial charge in [0.2, 0.25) is 0 Å². The number of rotatable bonds is 5. The van der Waals surface area contributed by atoms with Gasteiger partial charge in [0.25, 0.3) is 0 Å². The maximum atomic E-state index is 12.2. The van der Waals surface area contributed by atoms with E-state index in [1.807, 2.05) is 7.05 Å². The molecule has 0 amide bonds. The number of nitrogens with one attached hydrogen (secondary N) is 1. The molecule has 0 saturated carbocycles. The minimum atomic E-state index is -4.21. The molecule has 1 saturated heterocycles. The molecule has 1 aromatic carbocycles. The summed E-state index contributed by atoms with van der Waals surface area (Å²) in [5, 5.41) is 3.19. The third kappa shape index (κ3) is 6.46. The highest BCUT2D eigenvalue weighted by Gasteiger charge is 2.29. The second kappa shape index (κ2) is 8.27. The van der Waals surface area contributed by atoms with E-state index in [2.05, 4.69) is 10.2 Å². The highest BCUT2D eigenvalue weighted by Crippen LogP contribution is 2.36. The average molecular weight is 341 g/mol. The molecule has 0 bridgehead atoms. The van der Waals surface area contributed by atoms with Crippen molar-refractivity contribution in [2.75, 3.05) is 26.7 Å². The number of halogens is 4. The van der Waals surface area contributed by atoms with E-state index in [0.29, 0.717) is 5.92 Å². The molecule has 0 aliphatic carbocycles. The van der Waals surface area contributed by atoms with Gasteiger partial charge < -0.3 is 5.32 Å². The first-order valence-electron chi connectivity index (χ1n) is 6.68. The van der Waals surface area contributed by atoms with Crippen molar-refractivity contribution >= 4 is 24.2 Å². The Morgan fingerprint density at radius 2 is 1.95 bits per heavy atom. The fourth-order valence-corrected chi connectivity index (χ4v) is 3.11. The van der Waals surface area contributed by atoms with Crippen LogP contribution in [0.4, 0.5) is 13.2 Å². The third-order valence-corrected chi connectivity index (χ3v) is 4.17. The quantitative estimate of drug-likeness (QED) is 0.822. The smallest absolute Gasteiger partial charge is 0.319 e. The number of hydrogen-bond acceptors (Lipinski definition) is 3. The Labute approximate surface area is 133 Å². The first-order chi connectivity index (χ1) is 9.46. The molecule has 2 rings (SSSR count). The minimum absolute atomic E-state index is 0. The molecule has 1 aliphatic heterocycles. The van der Waals surface area contributed by atoms with Crippen molar-refractivity contribution in [3.63, 3.8) is 0 Å². The van der Waals surface area contributed by atoms with Crippen LogP contribution < -0.4 is 5.32 Å². The summed E-state index contributed by atoms with van der Waals surface area (Å²) in [5.41, 5.74) is -3.14. The van der Waals surface area contributed by atoms with Crippen molar-refractivity contribution in [2.45, 2.75) is 23.4 Å². The van der Waals surface area contributed by atoms with Crippen LogP contribution >= 0.6 is 24.2 Å². The van der Waals surface area contributed by atoms with Gasteiger partial charge in [-0.15, -0.1) is 12.4 Å². The van der Waals surface area contributed by atoms with Gasteiger partial charge in [0, 0.05) is 18.0 Å². The van der Waals surface area contributed by atoms with Gasteiger partial charge in [-0.3, -0.25) is 4.90 Å². The standard InChI is InChI=1S/C14H19F3N2S.ClH/c1-18-8-12-6-7-19(10-12)9-11-2-4-13(5-3-11)20-14(15,16)17;/h2-5,12,18H,6-10H2,1H3;1H. The molecule has 1 unspecified atom stereocenters. The zero-order valence-electron chi connectivity index (χ0n) is 11.8. The fourth-order valence-electron chi connectivity index (χ4n) is 2.57. The Hall–Kier alpha value is -0.430. The number of hydrogen-bond donors (Lipinski definition) is 1. The Bertz CT molecular complexity index is 425. The van der Waals surface area contributed by atoms with E-state index in [1.54, 1.807) is 24.3 Å². The van der Waals surface area contributed by atoms with Crippen molar-refractivity contribution in [2.24, 2.45) is 5.92 Å². The molecule has 21 heavy (non-hydrogen) atoms. The molecule has 7 heteroatoms. The van der Waals surface area contributed by atoms with E-state index in [-0.39, 0.29) is 29.1 Å². The molecule has 120 valence electrons. The van der Waals surface area contributed by atoms with Crippen molar-refractivity contribution in [1.82, 2.24) is 10.2 Å². The fraction of sp³-hybridized carbons (Fsp3) is 0.571. The summed E-state index contributed by atoms with van der Waals surface area (Å²) < 4.78 is 36.7. The number of benzene rings is 1. The van der Waals surface area contributed by atoms with Gasteiger partial charge >= 0.3 is 5.51 Å². The molecule has 1 aromatic rings. The minimum Gasteiger partial charge on any atom is -0.319 e. The lowest BCUT2D eigenvalue weighted by Gasteiger charge is -2.16. The summed E-state index contributed by atoms with van der Waals surface area (Å²) in [7, 11) is 1.96. The van der Waals surface area contributed by atoms with Crippen molar-refractivity contribution in [3.05, 3.63) is 29.8 Å². The van der Waals surface area contributed by atoms with Gasteiger partial charge in [-0.25, -0.2) is 0 Å². The number of nitrogens with zero attached hydrogens (tertiary/aromatic N) is 1. The van der Waals surface area contributed by atoms with Crippen LogP contribution in [0.25, 0.3) is 0 Å². The van der Waals surface area contributed by atoms with Gasteiger partial charge in [-0.05, 0) is 61.9 Å². The summed E-state index contributed by atoms with van der Waals surface area (Å²) >= 11 is -0.0627. The summed E-state index contributed by atoms with van der Waals surface area (Å²) in [4.78, 5) is 2.60. The summed E-state index contributed by atoms with van der Waals surface area (Å²) in [5.74, 6) is 0.681. The first-order valence-corrected chi connectivity index (χ1v) is 7.49. The molecule has 1 fully saturated rings. The Morgan fingerprint density at radius 3 is 2.52 bits per heavy atom. The maximum absolute atomic E-state index is 12.2. The predicted octanol–water partition coefficient (Wildman–Crippen LogP) is 3.76. The van der Waals surface area contributed by atoms with E-state index < -0.39 is 5.51 Å². The van der Waals surface area contributed by atoms with E-state index in [0.717, 1.165) is 31.7 Å². The highest BCUT2D eigenvalue weighted by atomic mass is 35.5. The molecule has 1 N–H and O–H groups in total. The molecule has 1 heterocycles. The molecule has 1 aliphatic rings. The summed E-state index contributed by atoms with van der Waals surface area (Å²) in [6.07, 6.45) is 1.18. The maximum Gasteiger partial charge on any atom is 0.446 e. The monoisotopic (exact) mass is 340 g/mol. The van der Waals surface area contributed by atoms with Crippen LogP contribution in [0.2, 0.25) is 0 Å². The number of likely N-dealkylation sites (tertiary alicyclic amines) is 1. The molecular weight excluding hydrogens is 321 g/mol. The van der Waals surface area contributed by atoms with Crippen LogP contribution in [0.15, 0.2) is 29.2 Å². The highest BCUT2D eigenvalue weighted by molar-refractivity contribution is 8.00. The average Bonchev–Trinajstić information content (AvgIpc) is 2.78. The van der Waals surface area contributed by atoms with E-state index >= 15 is 0 Å². The molecule has 2 nitrogen and oxygen atoms in total. The topological polar surface area (TPSA) is 15.3 Å². The molecule has 0 spiro atoms. The van der Waals surface area contributed by atoms with Crippen LogP contribution in [0, 0.1) is 5.92 Å².